The van der Waals surface area contributed by atoms with Crippen molar-refractivity contribution < 1.29 is 23.9 Å². The van der Waals surface area contributed by atoms with E-state index in [0.717, 1.165) is 5.56 Å². The lowest BCUT2D eigenvalue weighted by molar-refractivity contribution is -0.142. The summed E-state index contributed by atoms with van der Waals surface area (Å²) in [6.07, 6.45) is 0.230. The number of esters is 2. The van der Waals surface area contributed by atoms with Crippen molar-refractivity contribution >= 4 is 40.4 Å². The van der Waals surface area contributed by atoms with E-state index in [1.807, 2.05) is 12.1 Å². The van der Waals surface area contributed by atoms with E-state index < -0.39 is 18.0 Å². The minimum Gasteiger partial charge on any atom is -0.467 e. The van der Waals surface area contributed by atoms with Gasteiger partial charge in [-0.05, 0) is 64.6 Å². The third-order valence-electron chi connectivity index (χ3n) is 4.48. The zero-order valence-electron chi connectivity index (χ0n) is 16.7. The number of carbonyl (C=O) groups is 3. The number of rotatable bonds is 7. The molecule has 3 aromatic rings. The summed E-state index contributed by atoms with van der Waals surface area (Å²) in [7, 11) is 1.28. The molecule has 0 saturated carbocycles. The third kappa shape index (κ3) is 6.14. The zero-order chi connectivity index (χ0) is 22.2. The van der Waals surface area contributed by atoms with Gasteiger partial charge in [0.2, 0.25) is 0 Å². The molecule has 0 bridgehead atoms. The number of halogens is 1. The fourth-order valence-corrected chi connectivity index (χ4v) is 3.58. The van der Waals surface area contributed by atoms with Crippen LogP contribution in [0.4, 0.5) is 0 Å². The summed E-state index contributed by atoms with van der Waals surface area (Å²) in [6.45, 7) is 0. The van der Waals surface area contributed by atoms with E-state index in [9.17, 15) is 14.4 Å². The maximum absolute atomic E-state index is 12.5. The molecular weight excluding hydrogens is 509 g/mol. The molecule has 3 aromatic carbocycles. The van der Waals surface area contributed by atoms with Crippen LogP contribution in [0.15, 0.2) is 78.9 Å². The van der Waals surface area contributed by atoms with Gasteiger partial charge in [0.15, 0.2) is 0 Å². The first kappa shape index (κ1) is 22.5. The molecule has 158 valence electrons. The summed E-state index contributed by atoms with van der Waals surface area (Å²) in [5.41, 5.74) is 1.69. The summed E-state index contributed by atoms with van der Waals surface area (Å²) < 4.78 is 11.0. The first-order chi connectivity index (χ1) is 15.0. The summed E-state index contributed by atoms with van der Waals surface area (Å²) >= 11 is 2.07. The van der Waals surface area contributed by atoms with Crippen molar-refractivity contribution in [2.75, 3.05) is 7.11 Å². The highest BCUT2D eigenvalue weighted by atomic mass is 127. The Morgan fingerprint density at radius 3 is 2.10 bits per heavy atom. The highest BCUT2D eigenvalue weighted by molar-refractivity contribution is 14.1. The Morgan fingerprint density at radius 2 is 1.52 bits per heavy atom. The van der Waals surface area contributed by atoms with Crippen LogP contribution in [-0.4, -0.2) is 31.0 Å². The SMILES string of the molecule is COC(=O)[C@H](Cc1ccc(OC(=O)c2ccccc2)c(I)c1)NC(=O)c1ccccc1. The first-order valence-electron chi connectivity index (χ1n) is 9.47. The van der Waals surface area contributed by atoms with Crippen LogP contribution in [0.5, 0.6) is 5.75 Å². The predicted molar refractivity (Wildman–Crippen MR) is 124 cm³/mol. The van der Waals surface area contributed by atoms with Gasteiger partial charge in [0, 0.05) is 12.0 Å². The van der Waals surface area contributed by atoms with Gasteiger partial charge >= 0.3 is 11.9 Å². The van der Waals surface area contributed by atoms with Crippen LogP contribution in [0.1, 0.15) is 26.3 Å². The van der Waals surface area contributed by atoms with Crippen molar-refractivity contribution in [2.24, 2.45) is 0 Å². The van der Waals surface area contributed by atoms with Gasteiger partial charge in [0.1, 0.15) is 11.8 Å². The molecule has 31 heavy (non-hydrogen) atoms. The average molecular weight is 529 g/mol. The lowest BCUT2D eigenvalue weighted by Gasteiger charge is -2.17. The van der Waals surface area contributed by atoms with Gasteiger partial charge in [0.25, 0.3) is 5.91 Å². The Balaban J connectivity index is 1.71. The summed E-state index contributed by atoms with van der Waals surface area (Å²) in [5, 5.41) is 2.72. The van der Waals surface area contributed by atoms with E-state index >= 15 is 0 Å². The molecule has 0 aromatic heterocycles. The highest BCUT2D eigenvalue weighted by Gasteiger charge is 2.23. The molecule has 0 spiro atoms. The van der Waals surface area contributed by atoms with Crippen LogP contribution < -0.4 is 10.1 Å². The number of ether oxygens (including phenoxy) is 2. The highest BCUT2D eigenvalue weighted by Crippen LogP contribution is 2.24. The number of carbonyl (C=O) groups excluding carboxylic acids is 3. The van der Waals surface area contributed by atoms with Gasteiger partial charge in [-0.2, -0.15) is 0 Å². The molecule has 0 radical (unpaired) electrons. The van der Waals surface area contributed by atoms with Crippen LogP contribution in [-0.2, 0) is 16.0 Å². The lowest BCUT2D eigenvalue weighted by atomic mass is 10.0. The van der Waals surface area contributed by atoms with Gasteiger partial charge in [-0.1, -0.05) is 42.5 Å². The second-order valence-corrected chi connectivity index (χ2v) is 7.80. The number of benzene rings is 3. The van der Waals surface area contributed by atoms with Crippen molar-refractivity contribution in [1.29, 1.82) is 0 Å². The molecule has 0 aliphatic heterocycles. The summed E-state index contributed by atoms with van der Waals surface area (Å²) in [5.74, 6) is -0.937. The molecule has 0 unspecified atom stereocenters. The van der Waals surface area contributed by atoms with Gasteiger partial charge in [-0.25, -0.2) is 9.59 Å². The van der Waals surface area contributed by atoms with E-state index in [1.54, 1.807) is 66.7 Å². The van der Waals surface area contributed by atoms with E-state index in [0.29, 0.717) is 20.4 Å². The van der Waals surface area contributed by atoms with E-state index in [2.05, 4.69) is 27.9 Å². The molecule has 7 heteroatoms. The van der Waals surface area contributed by atoms with E-state index in [4.69, 9.17) is 9.47 Å². The van der Waals surface area contributed by atoms with Crippen molar-refractivity contribution in [3.8, 4) is 5.75 Å². The minimum absolute atomic E-state index is 0.230. The van der Waals surface area contributed by atoms with Crippen LogP contribution in [0.25, 0.3) is 0 Å². The van der Waals surface area contributed by atoms with Gasteiger partial charge < -0.3 is 14.8 Å². The second kappa shape index (κ2) is 10.7. The van der Waals surface area contributed by atoms with Crippen LogP contribution in [0.2, 0.25) is 0 Å². The Kier molecular flexibility index (Phi) is 7.77. The molecule has 0 saturated heterocycles. The number of hydrogen-bond acceptors (Lipinski definition) is 5. The van der Waals surface area contributed by atoms with E-state index in [1.165, 1.54) is 7.11 Å². The quantitative estimate of drug-likeness (QED) is 0.284. The molecule has 0 fully saturated rings. The minimum atomic E-state index is -0.855. The molecule has 0 aliphatic carbocycles. The number of hydrogen-bond donors (Lipinski definition) is 1. The van der Waals surface area contributed by atoms with Crippen LogP contribution in [0, 0.1) is 3.57 Å². The van der Waals surface area contributed by atoms with Crippen LogP contribution >= 0.6 is 22.6 Å². The monoisotopic (exact) mass is 529 g/mol. The Hall–Kier alpha value is -3.20. The van der Waals surface area contributed by atoms with Crippen molar-refractivity contribution in [3.05, 3.63) is 99.1 Å². The zero-order valence-corrected chi connectivity index (χ0v) is 18.9. The Morgan fingerprint density at radius 1 is 0.903 bits per heavy atom. The maximum Gasteiger partial charge on any atom is 0.343 e. The standard InChI is InChI=1S/C24H20INO5/c1-30-24(29)20(26-22(27)17-8-4-2-5-9-17)15-16-12-13-21(19(25)14-16)31-23(28)18-10-6-3-7-11-18/h2-14,20H,15H2,1H3,(H,26,27)/t20-/m0/s1. The first-order valence-corrected chi connectivity index (χ1v) is 10.5. The fourth-order valence-electron chi connectivity index (χ4n) is 2.89. The predicted octanol–water partition coefficient (Wildman–Crippen LogP) is 4.02. The lowest BCUT2D eigenvalue weighted by Crippen LogP contribution is -2.43. The van der Waals surface area contributed by atoms with Gasteiger partial charge in [0.05, 0.1) is 16.2 Å². The van der Waals surface area contributed by atoms with Gasteiger partial charge in [-0.3, -0.25) is 4.79 Å². The van der Waals surface area contributed by atoms with Gasteiger partial charge in [-0.15, -0.1) is 0 Å². The molecule has 3 rings (SSSR count). The Bertz CT molecular complexity index is 1070. The average Bonchev–Trinajstić information content (AvgIpc) is 2.80. The van der Waals surface area contributed by atoms with E-state index in [-0.39, 0.29) is 12.3 Å². The molecule has 1 atom stereocenters. The smallest absolute Gasteiger partial charge is 0.343 e. The molecule has 6 nitrogen and oxygen atoms in total. The molecule has 0 aliphatic rings. The molecule has 1 amide bonds. The van der Waals surface area contributed by atoms with Crippen LogP contribution in [0.3, 0.4) is 0 Å². The molecule has 1 N–H and O–H groups in total. The third-order valence-corrected chi connectivity index (χ3v) is 5.32. The number of methoxy groups -OCH3 is 1. The fraction of sp³-hybridized carbons (Fsp3) is 0.125. The summed E-state index contributed by atoms with van der Waals surface area (Å²) in [4.78, 5) is 37.0. The maximum atomic E-state index is 12.5. The number of amides is 1. The van der Waals surface area contributed by atoms with Crippen molar-refractivity contribution in [3.63, 3.8) is 0 Å². The number of nitrogens with one attached hydrogen (secondary N) is 1. The topological polar surface area (TPSA) is 81.7 Å². The molecule has 0 heterocycles. The molecular formula is C24H20INO5. The van der Waals surface area contributed by atoms with Crippen molar-refractivity contribution in [1.82, 2.24) is 5.32 Å². The largest absolute Gasteiger partial charge is 0.467 e. The summed E-state index contributed by atoms with van der Waals surface area (Å²) in [6, 6.07) is 21.7. The van der Waals surface area contributed by atoms with Crippen molar-refractivity contribution in [2.45, 2.75) is 12.5 Å². The normalized spacial score (nSPS) is 11.3. The Labute approximate surface area is 193 Å². The second-order valence-electron chi connectivity index (χ2n) is 6.64.